The number of hydrogen-bond donors (Lipinski definition) is 2. The van der Waals surface area contributed by atoms with Gasteiger partial charge in [-0.05, 0) is 35.7 Å². The molecule has 0 aromatic heterocycles. The molecule has 1 amide bonds. The molecule has 2 N–H and O–H groups in total. The summed E-state index contributed by atoms with van der Waals surface area (Å²) in [5.41, 5.74) is 1.65. The molecule has 2 aromatic rings. The van der Waals surface area contributed by atoms with E-state index in [1.54, 1.807) is 32.4 Å². The lowest BCUT2D eigenvalue weighted by Gasteiger charge is -2.10. The zero-order valence-corrected chi connectivity index (χ0v) is 15.2. The fourth-order valence-corrected chi connectivity index (χ4v) is 2.55. The molecule has 0 aliphatic carbocycles. The van der Waals surface area contributed by atoms with Crippen molar-refractivity contribution >= 4 is 5.91 Å². The zero-order chi connectivity index (χ0) is 18.8. The van der Waals surface area contributed by atoms with E-state index in [0.717, 1.165) is 5.56 Å². The molecule has 0 unspecified atom stereocenters. The van der Waals surface area contributed by atoms with Crippen LogP contribution in [0.1, 0.15) is 17.5 Å². The van der Waals surface area contributed by atoms with Crippen LogP contribution in [0.3, 0.4) is 0 Å². The normalized spacial score (nSPS) is 10.4. The van der Waals surface area contributed by atoms with Crippen LogP contribution in [0.25, 0.3) is 0 Å². The van der Waals surface area contributed by atoms with Crippen LogP contribution in [0.15, 0.2) is 42.5 Å². The SMILES string of the molecule is COc1ccc(CNCCC(=O)NCCc2ccccc2F)cc1OC. The van der Waals surface area contributed by atoms with Crippen molar-refractivity contribution in [1.29, 1.82) is 0 Å². The van der Waals surface area contributed by atoms with E-state index in [2.05, 4.69) is 10.6 Å². The van der Waals surface area contributed by atoms with Gasteiger partial charge in [0.05, 0.1) is 14.2 Å². The Morgan fingerprint density at radius 3 is 2.54 bits per heavy atom. The Morgan fingerprint density at radius 2 is 1.81 bits per heavy atom. The maximum atomic E-state index is 13.5. The van der Waals surface area contributed by atoms with E-state index >= 15 is 0 Å². The fourth-order valence-electron chi connectivity index (χ4n) is 2.55. The summed E-state index contributed by atoms with van der Waals surface area (Å²) in [7, 11) is 3.20. The minimum atomic E-state index is -0.238. The van der Waals surface area contributed by atoms with Crippen molar-refractivity contribution in [3.05, 3.63) is 59.4 Å². The lowest BCUT2D eigenvalue weighted by atomic mass is 10.1. The zero-order valence-electron chi connectivity index (χ0n) is 15.2. The molecule has 0 spiro atoms. The molecule has 0 aliphatic rings. The van der Waals surface area contributed by atoms with Crippen molar-refractivity contribution in [1.82, 2.24) is 10.6 Å². The molecule has 0 bridgehead atoms. The minimum Gasteiger partial charge on any atom is -0.493 e. The predicted octanol–water partition coefficient (Wildman–Crippen LogP) is 2.68. The number of nitrogens with one attached hydrogen (secondary N) is 2. The Balaban J connectivity index is 1.65. The molecule has 2 aromatic carbocycles. The number of ether oxygens (including phenoxy) is 2. The van der Waals surface area contributed by atoms with Crippen LogP contribution < -0.4 is 20.1 Å². The summed E-state index contributed by atoms with van der Waals surface area (Å²) in [4.78, 5) is 11.8. The third-order valence-electron chi connectivity index (χ3n) is 3.98. The predicted molar refractivity (Wildman–Crippen MR) is 99.0 cm³/mol. The van der Waals surface area contributed by atoms with Crippen molar-refractivity contribution in [3.63, 3.8) is 0 Å². The van der Waals surface area contributed by atoms with E-state index in [9.17, 15) is 9.18 Å². The van der Waals surface area contributed by atoms with Crippen LogP contribution in [0.5, 0.6) is 11.5 Å². The molecule has 0 saturated heterocycles. The molecular weight excluding hydrogens is 335 g/mol. The van der Waals surface area contributed by atoms with E-state index in [0.29, 0.717) is 49.5 Å². The lowest BCUT2D eigenvalue weighted by Crippen LogP contribution is -2.29. The summed E-state index contributed by atoms with van der Waals surface area (Å²) < 4.78 is 24.0. The molecule has 140 valence electrons. The molecule has 5 nitrogen and oxygen atoms in total. The van der Waals surface area contributed by atoms with Crippen molar-refractivity contribution in [3.8, 4) is 11.5 Å². The quantitative estimate of drug-likeness (QED) is 0.640. The largest absolute Gasteiger partial charge is 0.493 e. The van der Waals surface area contributed by atoms with Gasteiger partial charge in [-0.2, -0.15) is 0 Å². The Kier molecular flexibility index (Phi) is 7.89. The van der Waals surface area contributed by atoms with Gasteiger partial charge in [0.15, 0.2) is 11.5 Å². The highest BCUT2D eigenvalue weighted by atomic mass is 19.1. The monoisotopic (exact) mass is 360 g/mol. The van der Waals surface area contributed by atoms with E-state index in [4.69, 9.17) is 9.47 Å². The molecule has 0 atom stereocenters. The maximum absolute atomic E-state index is 13.5. The van der Waals surface area contributed by atoms with E-state index in [1.807, 2.05) is 18.2 Å². The van der Waals surface area contributed by atoms with Gasteiger partial charge >= 0.3 is 0 Å². The second kappa shape index (κ2) is 10.4. The summed E-state index contributed by atoms with van der Waals surface area (Å²) in [5, 5.41) is 6.03. The first kappa shape index (κ1) is 19.7. The van der Waals surface area contributed by atoms with Gasteiger partial charge in [0.2, 0.25) is 5.91 Å². The first-order valence-corrected chi connectivity index (χ1v) is 8.55. The topological polar surface area (TPSA) is 59.6 Å². The number of carbonyl (C=O) groups excluding carboxylic acids is 1. The Labute approximate surface area is 153 Å². The van der Waals surface area contributed by atoms with E-state index in [-0.39, 0.29) is 11.7 Å². The van der Waals surface area contributed by atoms with Crippen molar-refractivity contribution in [2.24, 2.45) is 0 Å². The number of carbonyl (C=O) groups is 1. The van der Waals surface area contributed by atoms with Gasteiger partial charge in [0.25, 0.3) is 0 Å². The summed E-state index contributed by atoms with van der Waals surface area (Å²) in [6.07, 6.45) is 0.849. The van der Waals surface area contributed by atoms with Gasteiger partial charge in [-0.1, -0.05) is 24.3 Å². The molecule has 6 heteroatoms. The second-order valence-corrected chi connectivity index (χ2v) is 5.81. The average molecular weight is 360 g/mol. The second-order valence-electron chi connectivity index (χ2n) is 5.81. The minimum absolute atomic E-state index is 0.0545. The van der Waals surface area contributed by atoms with Gasteiger partial charge in [-0.25, -0.2) is 4.39 Å². The average Bonchev–Trinajstić information content (AvgIpc) is 2.66. The molecule has 0 radical (unpaired) electrons. The third-order valence-corrected chi connectivity index (χ3v) is 3.98. The number of rotatable bonds is 10. The molecule has 0 saturated carbocycles. The first-order valence-electron chi connectivity index (χ1n) is 8.55. The maximum Gasteiger partial charge on any atom is 0.221 e. The van der Waals surface area contributed by atoms with Crippen molar-refractivity contribution < 1.29 is 18.7 Å². The van der Waals surface area contributed by atoms with Gasteiger partial charge in [-0.3, -0.25) is 4.79 Å². The van der Waals surface area contributed by atoms with Crippen molar-refractivity contribution in [2.45, 2.75) is 19.4 Å². The lowest BCUT2D eigenvalue weighted by molar-refractivity contribution is -0.120. The fraction of sp³-hybridized carbons (Fsp3) is 0.350. The first-order chi connectivity index (χ1) is 12.6. The molecule has 26 heavy (non-hydrogen) atoms. The number of amides is 1. The highest BCUT2D eigenvalue weighted by Crippen LogP contribution is 2.27. The Hall–Kier alpha value is -2.60. The van der Waals surface area contributed by atoms with E-state index < -0.39 is 0 Å². The van der Waals surface area contributed by atoms with E-state index in [1.165, 1.54) is 6.07 Å². The van der Waals surface area contributed by atoms with Crippen molar-refractivity contribution in [2.75, 3.05) is 27.3 Å². The van der Waals surface area contributed by atoms with Crippen LogP contribution in [-0.2, 0) is 17.8 Å². The molecular formula is C20H25FN2O3. The molecule has 0 heterocycles. The number of hydrogen-bond acceptors (Lipinski definition) is 4. The summed E-state index contributed by atoms with van der Waals surface area (Å²) >= 11 is 0. The Bertz CT molecular complexity index is 722. The summed E-state index contributed by atoms with van der Waals surface area (Å²) in [5.74, 6) is 1.07. The van der Waals surface area contributed by atoms with Gasteiger partial charge in [0.1, 0.15) is 5.82 Å². The molecule has 2 rings (SSSR count). The van der Waals surface area contributed by atoms with Crippen LogP contribution in [-0.4, -0.2) is 33.2 Å². The van der Waals surface area contributed by atoms with Crippen LogP contribution in [0.2, 0.25) is 0 Å². The number of methoxy groups -OCH3 is 2. The third kappa shape index (κ3) is 6.04. The number of halogens is 1. The Morgan fingerprint density at radius 1 is 1.04 bits per heavy atom. The van der Waals surface area contributed by atoms with Crippen LogP contribution in [0, 0.1) is 5.82 Å². The highest BCUT2D eigenvalue weighted by molar-refractivity contribution is 5.76. The standard InChI is InChI=1S/C20H25FN2O3/c1-25-18-8-7-15(13-19(18)26-2)14-22-11-10-20(24)23-12-9-16-5-3-4-6-17(16)21/h3-8,13,22H,9-12,14H2,1-2H3,(H,23,24). The van der Waals surface area contributed by atoms with Gasteiger partial charge in [-0.15, -0.1) is 0 Å². The van der Waals surface area contributed by atoms with Crippen LogP contribution >= 0.6 is 0 Å². The summed E-state index contributed by atoms with van der Waals surface area (Å²) in [6, 6.07) is 12.3. The smallest absolute Gasteiger partial charge is 0.221 e. The molecule has 0 fully saturated rings. The molecule has 0 aliphatic heterocycles. The van der Waals surface area contributed by atoms with Gasteiger partial charge < -0.3 is 20.1 Å². The van der Waals surface area contributed by atoms with Crippen LogP contribution in [0.4, 0.5) is 4.39 Å². The number of benzene rings is 2. The highest BCUT2D eigenvalue weighted by Gasteiger charge is 2.06. The summed E-state index contributed by atoms with van der Waals surface area (Å²) in [6.45, 7) is 1.61. The van der Waals surface area contributed by atoms with Gasteiger partial charge in [0, 0.05) is 26.1 Å².